The Morgan fingerprint density at radius 3 is 2.90 bits per heavy atom. The summed E-state index contributed by atoms with van der Waals surface area (Å²) in [5.41, 5.74) is 3.88. The Kier molecular flexibility index (Phi) is 3.23. The van der Waals surface area contributed by atoms with Gasteiger partial charge < -0.3 is 10.3 Å². The van der Waals surface area contributed by atoms with Crippen LogP contribution in [-0.2, 0) is 0 Å². The number of aryl methyl sites for hydroxylation is 1. The maximum Gasteiger partial charge on any atom is 0.104 e. The first-order valence-electron chi connectivity index (χ1n) is 7.66. The number of aromatic amines is 1. The molecule has 3 heteroatoms. The zero-order valence-corrected chi connectivity index (χ0v) is 13.0. The topological polar surface area (TPSA) is 40.7 Å². The first kappa shape index (κ1) is 13.5. The number of imidazole rings is 1. The van der Waals surface area contributed by atoms with Gasteiger partial charge in [0, 0.05) is 11.7 Å². The first-order valence-corrected chi connectivity index (χ1v) is 7.66. The molecular formula is C17H25N3. The standard InChI is InChI=1S/C17H25N3/c1-11-10-17(3,4)8-7-14(11)20-13-5-6-15-16(9-13)19-12(2)18-15/h5-6,9,11,14,20H,7-8,10H2,1-4H3,(H,18,19). The molecule has 2 atom stereocenters. The van der Waals surface area contributed by atoms with Gasteiger partial charge in [-0.2, -0.15) is 0 Å². The predicted octanol–water partition coefficient (Wildman–Crippen LogP) is 4.50. The molecule has 3 rings (SSSR count). The zero-order chi connectivity index (χ0) is 14.3. The van der Waals surface area contributed by atoms with Crippen molar-refractivity contribution in [2.24, 2.45) is 11.3 Å². The highest BCUT2D eigenvalue weighted by atomic mass is 14.9. The molecule has 3 nitrogen and oxygen atoms in total. The monoisotopic (exact) mass is 271 g/mol. The lowest BCUT2D eigenvalue weighted by atomic mass is 9.70. The van der Waals surface area contributed by atoms with Crippen LogP contribution in [0, 0.1) is 18.3 Å². The molecule has 1 aliphatic carbocycles. The number of anilines is 1. The Morgan fingerprint density at radius 2 is 2.15 bits per heavy atom. The van der Waals surface area contributed by atoms with Crippen LogP contribution in [0.4, 0.5) is 5.69 Å². The number of benzene rings is 1. The summed E-state index contributed by atoms with van der Waals surface area (Å²) in [4.78, 5) is 7.76. The molecule has 1 saturated carbocycles. The Morgan fingerprint density at radius 1 is 1.35 bits per heavy atom. The Bertz CT molecular complexity index is 612. The molecule has 0 aliphatic heterocycles. The van der Waals surface area contributed by atoms with Gasteiger partial charge in [-0.3, -0.25) is 0 Å². The SMILES string of the molecule is Cc1nc2ccc(NC3CCC(C)(C)CC3C)cc2[nH]1. The summed E-state index contributed by atoms with van der Waals surface area (Å²) in [5, 5.41) is 3.72. The molecule has 1 aliphatic rings. The van der Waals surface area contributed by atoms with E-state index in [1.54, 1.807) is 0 Å². The quantitative estimate of drug-likeness (QED) is 0.844. The minimum atomic E-state index is 0.502. The highest BCUT2D eigenvalue weighted by molar-refractivity contribution is 5.79. The number of hydrogen-bond donors (Lipinski definition) is 2. The fourth-order valence-electron chi connectivity index (χ4n) is 3.60. The number of fused-ring (bicyclic) bond motifs is 1. The number of aromatic nitrogens is 2. The minimum Gasteiger partial charge on any atom is -0.382 e. The van der Waals surface area contributed by atoms with E-state index in [1.807, 2.05) is 6.92 Å². The smallest absolute Gasteiger partial charge is 0.104 e. The molecule has 1 aromatic carbocycles. The largest absolute Gasteiger partial charge is 0.382 e. The lowest BCUT2D eigenvalue weighted by molar-refractivity contribution is 0.177. The number of nitrogens with zero attached hydrogens (tertiary/aromatic N) is 1. The summed E-state index contributed by atoms with van der Waals surface area (Å²) in [6.45, 7) is 9.15. The van der Waals surface area contributed by atoms with Crippen LogP contribution in [0.25, 0.3) is 11.0 Å². The van der Waals surface area contributed by atoms with Crippen LogP contribution in [-0.4, -0.2) is 16.0 Å². The van der Waals surface area contributed by atoms with Gasteiger partial charge in [0.05, 0.1) is 11.0 Å². The average Bonchev–Trinajstić information content (AvgIpc) is 2.71. The van der Waals surface area contributed by atoms with Gasteiger partial charge in [0.1, 0.15) is 5.82 Å². The maximum absolute atomic E-state index is 4.45. The number of nitrogens with one attached hydrogen (secondary N) is 2. The van der Waals surface area contributed by atoms with Gasteiger partial charge in [-0.1, -0.05) is 20.8 Å². The molecule has 0 saturated heterocycles. The normalized spacial score (nSPS) is 25.8. The molecule has 1 aromatic heterocycles. The molecule has 2 unspecified atom stereocenters. The summed E-state index contributed by atoms with van der Waals surface area (Å²) in [6, 6.07) is 7.01. The predicted molar refractivity (Wildman–Crippen MR) is 85.0 cm³/mol. The second kappa shape index (κ2) is 4.80. The van der Waals surface area contributed by atoms with E-state index >= 15 is 0 Å². The van der Waals surface area contributed by atoms with Gasteiger partial charge in [0.25, 0.3) is 0 Å². The van der Waals surface area contributed by atoms with Crippen molar-refractivity contribution in [1.29, 1.82) is 0 Å². The Hall–Kier alpha value is -1.51. The molecule has 0 bridgehead atoms. The third-order valence-electron chi connectivity index (χ3n) is 4.65. The molecular weight excluding hydrogens is 246 g/mol. The van der Waals surface area contributed by atoms with Crippen LogP contribution in [0.2, 0.25) is 0 Å². The highest BCUT2D eigenvalue weighted by Crippen LogP contribution is 2.39. The van der Waals surface area contributed by atoms with Crippen molar-refractivity contribution in [2.75, 3.05) is 5.32 Å². The van der Waals surface area contributed by atoms with Crippen LogP contribution in [0.5, 0.6) is 0 Å². The third-order valence-corrected chi connectivity index (χ3v) is 4.65. The molecule has 0 radical (unpaired) electrons. The van der Waals surface area contributed by atoms with Crippen molar-refractivity contribution in [1.82, 2.24) is 9.97 Å². The minimum absolute atomic E-state index is 0.502. The van der Waals surface area contributed by atoms with Gasteiger partial charge in [-0.25, -0.2) is 4.98 Å². The Balaban J connectivity index is 1.76. The van der Waals surface area contributed by atoms with Crippen LogP contribution in [0.15, 0.2) is 18.2 Å². The third kappa shape index (κ3) is 2.67. The molecule has 1 fully saturated rings. The van der Waals surface area contributed by atoms with E-state index in [4.69, 9.17) is 0 Å². The maximum atomic E-state index is 4.45. The van der Waals surface area contributed by atoms with E-state index in [9.17, 15) is 0 Å². The lowest BCUT2D eigenvalue weighted by Crippen LogP contribution is -2.36. The summed E-state index contributed by atoms with van der Waals surface area (Å²) >= 11 is 0. The zero-order valence-electron chi connectivity index (χ0n) is 13.0. The second-order valence-electron chi connectivity index (χ2n) is 7.19. The van der Waals surface area contributed by atoms with E-state index in [0.717, 1.165) is 22.8 Å². The summed E-state index contributed by atoms with van der Waals surface area (Å²) in [7, 11) is 0. The molecule has 0 amide bonds. The van der Waals surface area contributed by atoms with Gasteiger partial charge in [0.2, 0.25) is 0 Å². The first-order chi connectivity index (χ1) is 9.43. The molecule has 20 heavy (non-hydrogen) atoms. The van der Waals surface area contributed by atoms with Crippen molar-refractivity contribution >= 4 is 16.7 Å². The van der Waals surface area contributed by atoms with Crippen molar-refractivity contribution < 1.29 is 0 Å². The van der Waals surface area contributed by atoms with E-state index in [2.05, 4.69) is 54.3 Å². The van der Waals surface area contributed by atoms with E-state index < -0.39 is 0 Å². The van der Waals surface area contributed by atoms with Gasteiger partial charge in [-0.15, -0.1) is 0 Å². The average molecular weight is 271 g/mol. The van der Waals surface area contributed by atoms with Crippen molar-refractivity contribution in [2.45, 2.75) is 53.0 Å². The highest BCUT2D eigenvalue weighted by Gasteiger charge is 2.32. The van der Waals surface area contributed by atoms with Crippen LogP contribution < -0.4 is 5.32 Å². The molecule has 108 valence electrons. The van der Waals surface area contributed by atoms with Gasteiger partial charge in [0.15, 0.2) is 0 Å². The second-order valence-corrected chi connectivity index (χ2v) is 7.19. The van der Waals surface area contributed by atoms with Crippen LogP contribution >= 0.6 is 0 Å². The number of hydrogen-bond acceptors (Lipinski definition) is 2. The van der Waals surface area contributed by atoms with Gasteiger partial charge in [-0.05, 0) is 55.7 Å². The van der Waals surface area contributed by atoms with Crippen molar-refractivity contribution in [3.8, 4) is 0 Å². The Labute approximate surface area is 121 Å². The molecule has 2 aromatic rings. The molecule has 2 N–H and O–H groups in total. The summed E-state index contributed by atoms with van der Waals surface area (Å²) in [6.07, 6.45) is 3.87. The molecule has 0 spiro atoms. The van der Waals surface area contributed by atoms with E-state index in [-0.39, 0.29) is 0 Å². The fraction of sp³-hybridized carbons (Fsp3) is 0.588. The summed E-state index contributed by atoms with van der Waals surface area (Å²) in [5.74, 6) is 1.70. The molecule has 1 heterocycles. The van der Waals surface area contributed by atoms with Gasteiger partial charge >= 0.3 is 0 Å². The van der Waals surface area contributed by atoms with Crippen LogP contribution in [0.3, 0.4) is 0 Å². The van der Waals surface area contributed by atoms with E-state index in [0.29, 0.717) is 11.5 Å². The van der Waals surface area contributed by atoms with Crippen molar-refractivity contribution in [3.05, 3.63) is 24.0 Å². The number of H-pyrrole nitrogens is 1. The lowest BCUT2D eigenvalue weighted by Gasteiger charge is -2.40. The van der Waals surface area contributed by atoms with Crippen molar-refractivity contribution in [3.63, 3.8) is 0 Å². The van der Waals surface area contributed by atoms with Crippen LogP contribution in [0.1, 0.15) is 45.9 Å². The number of rotatable bonds is 2. The summed E-state index contributed by atoms with van der Waals surface area (Å²) < 4.78 is 0. The fourth-order valence-corrected chi connectivity index (χ4v) is 3.60. The van der Waals surface area contributed by atoms with E-state index in [1.165, 1.54) is 24.9 Å².